The van der Waals surface area contributed by atoms with Gasteiger partial charge in [-0.15, -0.1) is 11.3 Å². The van der Waals surface area contributed by atoms with Crippen molar-refractivity contribution in [3.05, 3.63) is 34.2 Å². The quantitative estimate of drug-likeness (QED) is 0.373. The number of fused-ring (bicyclic) bond motifs is 1. The zero-order valence-electron chi connectivity index (χ0n) is 6.01. The molecule has 1 heterocycles. The highest BCUT2D eigenvalue weighted by Crippen LogP contribution is 2.23. The minimum Gasteiger partial charge on any atom is -0.245 e. The Balaban J connectivity index is 2.67. The molecule has 1 aromatic heterocycles. The lowest BCUT2D eigenvalue weighted by atomic mass is 10.3. The molecule has 0 bridgehead atoms. The van der Waals surface area contributed by atoms with Crippen LogP contribution in [0.1, 0.15) is 0 Å². The van der Waals surface area contributed by atoms with Crippen molar-refractivity contribution >= 4 is 27.2 Å². The molecule has 4 nitrogen and oxygen atoms in total. The first-order valence-corrected chi connectivity index (χ1v) is 4.16. The zero-order chi connectivity index (χ0) is 8.39. The van der Waals surface area contributed by atoms with E-state index in [0.717, 1.165) is 10.2 Å². The average Bonchev–Trinajstić information content (AvgIpc) is 2.51. The molecule has 12 heavy (non-hydrogen) atoms. The lowest BCUT2D eigenvalue weighted by Gasteiger charge is -1.89. The van der Waals surface area contributed by atoms with Gasteiger partial charge >= 0.3 is 0 Å². The topological polar surface area (TPSA) is 61.7 Å². The van der Waals surface area contributed by atoms with Gasteiger partial charge in [-0.1, -0.05) is 11.2 Å². The maximum Gasteiger partial charge on any atom is 0.0812 e. The molecule has 5 heteroatoms. The van der Waals surface area contributed by atoms with E-state index in [2.05, 4.69) is 15.0 Å². The summed E-state index contributed by atoms with van der Waals surface area (Å²) in [7, 11) is 0. The van der Waals surface area contributed by atoms with E-state index in [1.807, 2.05) is 12.1 Å². The molecular formula is C7H4N4S. The van der Waals surface area contributed by atoms with E-state index in [1.54, 1.807) is 11.6 Å². The molecule has 2 aromatic rings. The van der Waals surface area contributed by atoms with Crippen molar-refractivity contribution in [2.75, 3.05) is 0 Å². The molecule has 0 aliphatic carbocycles. The second-order valence-electron chi connectivity index (χ2n) is 2.19. The Bertz CT molecular complexity index is 455. The summed E-state index contributed by atoms with van der Waals surface area (Å²) in [5.41, 5.74) is 11.5. The molecule has 0 amide bonds. The van der Waals surface area contributed by atoms with Crippen LogP contribution in [0.2, 0.25) is 0 Å². The molecule has 0 N–H and O–H groups in total. The molecular weight excluding hydrogens is 172 g/mol. The van der Waals surface area contributed by atoms with Gasteiger partial charge in [-0.3, -0.25) is 0 Å². The van der Waals surface area contributed by atoms with Crippen molar-refractivity contribution in [2.24, 2.45) is 5.11 Å². The molecule has 0 radical (unpaired) electrons. The van der Waals surface area contributed by atoms with Gasteiger partial charge in [0.15, 0.2) is 0 Å². The predicted octanol–water partition coefficient (Wildman–Crippen LogP) is 3.24. The Kier molecular flexibility index (Phi) is 1.66. The number of benzene rings is 1. The lowest BCUT2D eigenvalue weighted by Crippen LogP contribution is -1.64. The van der Waals surface area contributed by atoms with Gasteiger partial charge in [0.25, 0.3) is 0 Å². The van der Waals surface area contributed by atoms with Crippen LogP contribution in [0.5, 0.6) is 0 Å². The maximum atomic E-state index is 8.19. The first kappa shape index (κ1) is 7.09. The molecule has 0 atom stereocenters. The molecule has 0 aliphatic heterocycles. The second kappa shape index (κ2) is 2.81. The molecule has 2 rings (SSSR count). The van der Waals surface area contributed by atoms with E-state index >= 15 is 0 Å². The summed E-state index contributed by atoms with van der Waals surface area (Å²) in [4.78, 5) is 6.81. The van der Waals surface area contributed by atoms with Gasteiger partial charge in [-0.2, -0.15) is 0 Å². The Morgan fingerprint density at radius 2 is 2.42 bits per heavy atom. The number of nitrogens with zero attached hydrogens (tertiary/aromatic N) is 4. The van der Waals surface area contributed by atoms with Gasteiger partial charge in [0, 0.05) is 10.6 Å². The van der Waals surface area contributed by atoms with Crippen molar-refractivity contribution in [1.29, 1.82) is 0 Å². The fourth-order valence-electron chi connectivity index (χ4n) is 0.958. The van der Waals surface area contributed by atoms with E-state index in [4.69, 9.17) is 5.53 Å². The third-order valence-corrected chi connectivity index (χ3v) is 2.27. The van der Waals surface area contributed by atoms with Gasteiger partial charge in [0.1, 0.15) is 0 Å². The van der Waals surface area contributed by atoms with Crippen LogP contribution in [0.25, 0.3) is 20.7 Å². The van der Waals surface area contributed by atoms with Crippen LogP contribution in [-0.4, -0.2) is 4.98 Å². The minimum atomic E-state index is 0.634. The Hall–Kier alpha value is -1.58. The standard InChI is InChI=1S/C7H4N4S/c8-11-10-5-1-2-6-7(3-5)12-4-9-6/h1-4H. The third kappa shape index (κ3) is 1.11. The third-order valence-electron chi connectivity index (χ3n) is 1.48. The van der Waals surface area contributed by atoms with E-state index in [9.17, 15) is 0 Å². The summed E-state index contributed by atoms with van der Waals surface area (Å²) < 4.78 is 1.04. The molecule has 0 saturated heterocycles. The average molecular weight is 176 g/mol. The largest absolute Gasteiger partial charge is 0.245 e. The van der Waals surface area contributed by atoms with Crippen LogP contribution in [0.15, 0.2) is 28.8 Å². The van der Waals surface area contributed by atoms with Crippen molar-refractivity contribution < 1.29 is 0 Å². The summed E-state index contributed by atoms with van der Waals surface area (Å²) in [6.07, 6.45) is 0. The first-order chi connectivity index (χ1) is 5.90. The predicted molar refractivity (Wildman–Crippen MR) is 48.4 cm³/mol. The maximum absolute atomic E-state index is 8.19. The number of hydrogen-bond donors (Lipinski definition) is 0. The highest BCUT2D eigenvalue weighted by molar-refractivity contribution is 7.16. The molecule has 0 saturated carbocycles. The van der Waals surface area contributed by atoms with Gasteiger partial charge in [-0.25, -0.2) is 4.98 Å². The van der Waals surface area contributed by atoms with Crippen molar-refractivity contribution in [1.82, 2.24) is 4.98 Å². The van der Waals surface area contributed by atoms with E-state index in [0.29, 0.717) is 5.69 Å². The molecule has 0 spiro atoms. The van der Waals surface area contributed by atoms with Crippen LogP contribution in [0.4, 0.5) is 5.69 Å². The van der Waals surface area contributed by atoms with E-state index in [1.165, 1.54) is 11.3 Å². The van der Waals surface area contributed by atoms with Gasteiger partial charge in [-0.05, 0) is 17.7 Å². The van der Waals surface area contributed by atoms with Crippen LogP contribution in [0.3, 0.4) is 0 Å². The number of rotatable bonds is 1. The van der Waals surface area contributed by atoms with Crippen LogP contribution >= 0.6 is 11.3 Å². The SMILES string of the molecule is [N-]=[N+]=Nc1ccc2ncsc2c1. The molecule has 0 aliphatic rings. The van der Waals surface area contributed by atoms with E-state index < -0.39 is 0 Å². The Morgan fingerprint density at radius 3 is 3.25 bits per heavy atom. The number of thiazole rings is 1. The Morgan fingerprint density at radius 1 is 1.50 bits per heavy atom. The van der Waals surface area contributed by atoms with Crippen LogP contribution in [0, 0.1) is 0 Å². The van der Waals surface area contributed by atoms with Crippen molar-refractivity contribution in [3.63, 3.8) is 0 Å². The summed E-state index contributed by atoms with van der Waals surface area (Å²) in [5.74, 6) is 0. The monoisotopic (exact) mass is 176 g/mol. The second-order valence-corrected chi connectivity index (χ2v) is 3.08. The van der Waals surface area contributed by atoms with Crippen LogP contribution in [-0.2, 0) is 0 Å². The number of azide groups is 1. The summed E-state index contributed by atoms with van der Waals surface area (Å²) >= 11 is 1.53. The van der Waals surface area contributed by atoms with Crippen LogP contribution < -0.4 is 0 Å². The summed E-state index contributed by atoms with van der Waals surface area (Å²) in [6.45, 7) is 0. The fourth-order valence-corrected chi connectivity index (χ4v) is 1.67. The van der Waals surface area contributed by atoms with Gasteiger partial charge < -0.3 is 0 Å². The molecule has 0 fully saturated rings. The van der Waals surface area contributed by atoms with Crippen molar-refractivity contribution in [3.8, 4) is 0 Å². The lowest BCUT2D eigenvalue weighted by molar-refractivity contribution is 1.47. The first-order valence-electron chi connectivity index (χ1n) is 3.28. The smallest absolute Gasteiger partial charge is 0.0812 e. The highest BCUT2D eigenvalue weighted by Gasteiger charge is 1.95. The minimum absolute atomic E-state index is 0.634. The summed E-state index contributed by atoms with van der Waals surface area (Å²) in [5, 5.41) is 3.50. The number of aromatic nitrogens is 1. The van der Waals surface area contributed by atoms with E-state index in [-0.39, 0.29) is 0 Å². The molecule has 58 valence electrons. The molecule has 1 aromatic carbocycles. The fraction of sp³-hybridized carbons (Fsp3) is 0. The van der Waals surface area contributed by atoms with Gasteiger partial charge in [0.2, 0.25) is 0 Å². The van der Waals surface area contributed by atoms with Crippen molar-refractivity contribution in [2.45, 2.75) is 0 Å². The molecule has 0 unspecified atom stereocenters. The number of hydrogen-bond acceptors (Lipinski definition) is 3. The highest BCUT2D eigenvalue weighted by atomic mass is 32.1. The summed E-state index contributed by atoms with van der Waals surface area (Å²) in [6, 6.07) is 5.42. The normalized spacial score (nSPS) is 9.67. The van der Waals surface area contributed by atoms with Gasteiger partial charge in [0.05, 0.1) is 15.7 Å². The zero-order valence-corrected chi connectivity index (χ0v) is 6.82. The Labute approximate surface area is 72.1 Å².